The van der Waals surface area contributed by atoms with E-state index in [4.69, 9.17) is 15.3 Å². The van der Waals surface area contributed by atoms with Gasteiger partial charge in [0.05, 0.1) is 17.6 Å². The van der Waals surface area contributed by atoms with Crippen LogP contribution in [0.25, 0.3) is 0 Å². The highest BCUT2D eigenvalue weighted by Crippen LogP contribution is 2.11. The van der Waals surface area contributed by atoms with Crippen molar-refractivity contribution in [2.75, 3.05) is 18.1 Å². The molecule has 2 atom stereocenters. The molecular formula is C12H26O6S2. The second kappa shape index (κ2) is 18.6. The van der Waals surface area contributed by atoms with Gasteiger partial charge in [0.15, 0.2) is 0 Å². The van der Waals surface area contributed by atoms with Gasteiger partial charge >= 0.3 is 11.9 Å². The molecule has 6 nitrogen and oxygen atoms in total. The van der Waals surface area contributed by atoms with Gasteiger partial charge in [-0.2, -0.15) is 25.3 Å². The third kappa shape index (κ3) is 22.7. The first-order chi connectivity index (χ1) is 9.30. The maximum absolute atomic E-state index is 9.35. The van der Waals surface area contributed by atoms with Gasteiger partial charge in [-0.1, -0.05) is 20.3 Å². The van der Waals surface area contributed by atoms with Crippen LogP contribution in [0.1, 0.15) is 33.1 Å². The first-order valence-electron chi connectivity index (χ1n) is 6.24. The van der Waals surface area contributed by atoms with Crippen LogP contribution >= 0.6 is 25.3 Å². The highest BCUT2D eigenvalue weighted by atomic mass is 32.1. The molecule has 122 valence electrons. The molecule has 0 aromatic carbocycles. The van der Waals surface area contributed by atoms with E-state index in [0.717, 1.165) is 19.3 Å². The molecule has 0 radical (unpaired) electrons. The number of carboxylic acids is 2. The Kier molecular flexibility index (Phi) is 22.8. The smallest absolute Gasteiger partial charge is 0.313 e. The average molecular weight is 330 g/mol. The van der Waals surface area contributed by atoms with Gasteiger partial charge in [-0.25, -0.2) is 0 Å². The van der Waals surface area contributed by atoms with Gasteiger partial charge in [-0.15, -0.1) is 0 Å². The van der Waals surface area contributed by atoms with Crippen molar-refractivity contribution in [2.45, 2.75) is 39.2 Å². The van der Waals surface area contributed by atoms with Gasteiger partial charge < -0.3 is 20.4 Å². The van der Waals surface area contributed by atoms with Crippen molar-refractivity contribution in [3.8, 4) is 0 Å². The van der Waals surface area contributed by atoms with Crippen LogP contribution < -0.4 is 0 Å². The number of aliphatic carboxylic acids is 2. The van der Waals surface area contributed by atoms with Crippen molar-refractivity contribution in [2.24, 2.45) is 5.92 Å². The standard InChI is InChI=1S/C8H18O2.2C2H4O2S/c1-3-5-8(10)7(4-2)6-9;2*3-2(4)1-5/h7-10H,3-6H2,1-2H3;2*5H,1H2,(H,3,4). The zero-order valence-electron chi connectivity index (χ0n) is 11.9. The third-order valence-corrected chi connectivity index (χ3v) is 2.70. The molecule has 2 unspecified atom stereocenters. The number of carbonyl (C=O) groups is 2. The highest BCUT2D eigenvalue weighted by Gasteiger charge is 2.14. The lowest BCUT2D eigenvalue weighted by molar-refractivity contribution is -0.134. The molecule has 0 rings (SSSR count). The predicted octanol–water partition coefficient (Wildman–Crippen LogP) is 1.17. The maximum Gasteiger partial charge on any atom is 0.313 e. The second-order valence-electron chi connectivity index (χ2n) is 3.81. The van der Waals surface area contributed by atoms with Crippen LogP contribution in [-0.4, -0.2) is 56.6 Å². The lowest BCUT2D eigenvalue weighted by Crippen LogP contribution is -2.22. The van der Waals surface area contributed by atoms with Gasteiger partial charge in [0.2, 0.25) is 0 Å². The zero-order chi connectivity index (χ0) is 16.6. The van der Waals surface area contributed by atoms with Crippen LogP contribution in [0, 0.1) is 5.92 Å². The maximum atomic E-state index is 9.35. The number of thiol groups is 2. The Labute approximate surface area is 131 Å². The van der Waals surface area contributed by atoms with E-state index in [1.54, 1.807) is 0 Å². The van der Waals surface area contributed by atoms with Crippen molar-refractivity contribution in [1.82, 2.24) is 0 Å². The zero-order valence-corrected chi connectivity index (χ0v) is 13.7. The van der Waals surface area contributed by atoms with Gasteiger partial charge in [-0.3, -0.25) is 9.59 Å². The van der Waals surface area contributed by atoms with Crippen LogP contribution in [-0.2, 0) is 9.59 Å². The number of hydrogen-bond donors (Lipinski definition) is 6. The molecule has 0 saturated heterocycles. The van der Waals surface area contributed by atoms with Crippen molar-refractivity contribution in [1.29, 1.82) is 0 Å². The molecular weight excluding hydrogens is 304 g/mol. The van der Waals surface area contributed by atoms with Crippen LogP contribution in [0.5, 0.6) is 0 Å². The largest absolute Gasteiger partial charge is 0.481 e. The van der Waals surface area contributed by atoms with Crippen LogP contribution in [0.2, 0.25) is 0 Å². The summed E-state index contributed by atoms with van der Waals surface area (Å²) in [6.45, 7) is 4.13. The molecule has 0 spiro atoms. The van der Waals surface area contributed by atoms with Crippen molar-refractivity contribution in [3.63, 3.8) is 0 Å². The highest BCUT2D eigenvalue weighted by molar-refractivity contribution is 7.81. The molecule has 0 aliphatic heterocycles. The van der Waals surface area contributed by atoms with E-state index >= 15 is 0 Å². The topological polar surface area (TPSA) is 115 Å². The Morgan fingerprint density at radius 2 is 1.40 bits per heavy atom. The molecule has 20 heavy (non-hydrogen) atoms. The van der Waals surface area contributed by atoms with Gasteiger partial charge in [0.1, 0.15) is 0 Å². The Morgan fingerprint density at radius 1 is 1.05 bits per heavy atom. The Hall–Kier alpha value is -0.440. The fourth-order valence-corrected chi connectivity index (χ4v) is 1.05. The Balaban J connectivity index is -0.000000244. The molecule has 0 amide bonds. The fraction of sp³-hybridized carbons (Fsp3) is 0.833. The summed E-state index contributed by atoms with van der Waals surface area (Å²) in [5.74, 6) is -1.85. The minimum atomic E-state index is -0.881. The molecule has 0 fully saturated rings. The van der Waals surface area contributed by atoms with Gasteiger partial charge in [0, 0.05) is 12.5 Å². The normalized spacial score (nSPS) is 12.1. The summed E-state index contributed by atoms with van der Waals surface area (Å²) < 4.78 is 0. The number of hydrogen-bond acceptors (Lipinski definition) is 6. The molecule has 4 N–H and O–H groups in total. The van der Waals surface area contributed by atoms with Crippen molar-refractivity contribution < 1.29 is 30.0 Å². The van der Waals surface area contributed by atoms with Crippen molar-refractivity contribution >= 4 is 37.2 Å². The Bertz CT molecular complexity index is 220. The quantitative estimate of drug-likeness (QED) is 0.390. The molecule has 0 saturated carbocycles. The van der Waals surface area contributed by atoms with E-state index in [0.29, 0.717) is 0 Å². The molecule has 0 aliphatic carbocycles. The predicted molar refractivity (Wildman–Crippen MR) is 84.8 cm³/mol. The van der Waals surface area contributed by atoms with E-state index in [1.165, 1.54) is 0 Å². The number of aliphatic hydroxyl groups is 2. The van der Waals surface area contributed by atoms with Crippen LogP contribution in [0.4, 0.5) is 0 Å². The SMILES string of the molecule is CCCC(O)C(CC)CO.O=C(O)CS.O=C(O)CS. The van der Waals surface area contributed by atoms with Crippen molar-refractivity contribution in [3.05, 3.63) is 0 Å². The summed E-state index contributed by atoms with van der Waals surface area (Å²) in [6, 6.07) is 0. The summed E-state index contributed by atoms with van der Waals surface area (Å²) >= 11 is 6.83. The minimum absolute atomic E-state index is 0.0833. The fourth-order valence-electron chi connectivity index (χ4n) is 1.05. The summed E-state index contributed by atoms with van der Waals surface area (Å²) in [5.41, 5.74) is 0. The van der Waals surface area contributed by atoms with Crippen LogP contribution in [0.3, 0.4) is 0 Å². The van der Waals surface area contributed by atoms with E-state index < -0.39 is 11.9 Å². The molecule has 0 aliphatic rings. The number of rotatable bonds is 7. The van der Waals surface area contributed by atoms with E-state index in [9.17, 15) is 14.7 Å². The molecule has 0 aromatic heterocycles. The van der Waals surface area contributed by atoms with E-state index in [-0.39, 0.29) is 30.1 Å². The van der Waals surface area contributed by atoms with Crippen LogP contribution in [0.15, 0.2) is 0 Å². The van der Waals surface area contributed by atoms with E-state index in [2.05, 4.69) is 25.3 Å². The average Bonchev–Trinajstić information content (AvgIpc) is 2.41. The number of carboxylic acid groups (broad SMARTS) is 2. The second-order valence-corrected chi connectivity index (χ2v) is 4.44. The third-order valence-electron chi connectivity index (χ3n) is 2.16. The molecule has 8 heteroatoms. The summed E-state index contributed by atoms with van der Waals surface area (Å²) in [6.07, 6.45) is 2.34. The monoisotopic (exact) mass is 330 g/mol. The molecule has 0 aromatic rings. The number of aliphatic hydroxyl groups excluding tert-OH is 2. The molecule has 0 bridgehead atoms. The van der Waals surface area contributed by atoms with Gasteiger partial charge in [0.25, 0.3) is 0 Å². The minimum Gasteiger partial charge on any atom is -0.481 e. The van der Waals surface area contributed by atoms with E-state index in [1.807, 2.05) is 13.8 Å². The summed E-state index contributed by atoms with van der Waals surface area (Å²) in [4.78, 5) is 18.6. The van der Waals surface area contributed by atoms with Gasteiger partial charge in [-0.05, 0) is 12.8 Å². The first-order valence-corrected chi connectivity index (χ1v) is 7.51. The molecule has 0 heterocycles. The lowest BCUT2D eigenvalue weighted by atomic mass is 9.97. The summed E-state index contributed by atoms with van der Waals surface area (Å²) in [7, 11) is 0. The lowest BCUT2D eigenvalue weighted by Gasteiger charge is -2.17. The first kappa shape index (κ1) is 24.6. The Morgan fingerprint density at radius 3 is 1.55 bits per heavy atom. The summed E-state index contributed by atoms with van der Waals surface area (Å²) in [5, 5.41) is 33.4.